The number of ether oxygens (including phenoxy) is 1. The first-order valence-corrected chi connectivity index (χ1v) is 9.82. The van der Waals surface area contributed by atoms with Crippen LogP contribution in [0.4, 0.5) is 5.69 Å². The topological polar surface area (TPSA) is 60.3 Å². The monoisotopic (exact) mass is 360 g/mol. The molecular formula is C20H32N4O2. The second-order valence-electron chi connectivity index (χ2n) is 7.10. The number of aliphatic imine (C=N–C) groups is 1. The fourth-order valence-electron chi connectivity index (χ4n) is 3.91. The number of hydrogen-bond acceptors (Lipinski definition) is 4. The zero-order chi connectivity index (χ0) is 18.4. The second kappa shape index (κ2) is 9.12. The molecule has 1 aromatic rings. The van der Waals surface area contributed by atoms with Crippen LogP contribution in [-0.4, -0.2) is 68.4 Å². The van der Waals surface area contributed by atoms with Crippen molar-refractivity contribution in [3.8, 4) is 5.75 Å². The van der Waals surface area contributed by atoms with Gasteiger partial charge in [0.15, 0.2) is 5.96 Å². The third-order valence-electron chi connectivity index (χ3n) is 5.43. The van der Waals surface area contributed by atoms with Crippen LogP contribution in [0.1, 0.15) is 26.2 Å². The van der Waals surface area contributed by atoms with Gasteiger partial charge in [0.25, 0.3) is 0 Å². The molecular weight excluding hydrogens is 328 g/mol. The molecule has 1 saturated carbocycles. The quantitative estimate of drug-likeness (QED) is 0.621. The molecule has 2 aliphatic rings. The summed E-state index contributed by atoms with van der Waals surface area (Å²) in [5.41, 5.74) is 1.16. The molecule has 1 saturated heterocycles. The zero-order valence-corrected chi connectivity index (χ0v) is 16.0. The van der Waals surface area contributed by atoms with Gasteiger partial charge in [-0.1, -0.05) is 18.6 Å². The standard InChI is InChI=1S/C20H32N4O2/c1-3-21-20(22-15-16-7-6-9-18(16)25)24-13-11-23(12-14-24)17-8-4-5-10-19(17)26-2/h4-5,8,10,16,18,25H,3,6-7,9,11-15H2,1-2H3,(H,21,22). The predicted molar refractivity (Wildman–Crippen MR) is 106 cm³/mol. The lowest BCUT2D eigenvalue weighted by atomic mass is 10.1. The first kappa shape index (κ1) is 18.8. The van der Waals surface area contributed by atoms with E-state index in [9.17, 15) is 5.11 Å². The van der Waals surface area contributed by atoms with Crippen LogP contribution in [-0.2, 0) is 0 Å². The van der Waals surface area contributed by atoms with Crippen molar-refractivity contribution in [3.05, 3.63) is 24.3 Å². The van der Waals surface area contributed by atoms with E-state index >= 15 is 0 Å². The fraction of sp³-hybridized carbons (Fsp3) is 0.650. The van der Waals surface area contributed by atoms with Crippen LogP contribution in [0.5, 0.6) is 5.75 Å². The Morgan fingerprint density at radius 1 is 1.23 bits per heavy atom. The molecule has 1 heterocycles. The van der Waals surface area contributed by atoms with E-state index in [1.165, 1.54) is 0 Å². The number of nitrogens with zero attached hydrogens (tertiary/aromatic N) is 3. The van der Waals surface area contributed by atoms with E-state index in [4.69, 9.17) is 9.73 Å². The Hall–Kier alpha value is -1.95. The minimum absolute atomic E-state index is 0.177. The number of para-hydroxylation sites is 2. The Labute approximate surface area is 156 Å². The first-order chi connectivity index (χ1) is 12.7. The Morgan fingerprint density at radius 3 is 2.65 bits per heavy atom. The van der Waals surface area contributed by atoms with Gasteiger partial charge < -0.3 is 25.0 Å². The van der Waals surface area contributed by atoms with Crippen molar-refractivity contribution in [2.75, 3.05) is 51.3 Å². The van der Waals surface area contributed by atoms with Gasteiger partial charge in [-0.3, -0.25) is 4.99 Å². The van der Waals surface area contributed by atoms with Crippen molar-refractivity contribution in [3.63, 3.8) is 0 Å². The number of hydrogen-bond donors (Lipinski definition) is 2. The maximum atomic E-state index is 10.0. The molecule has 144 valence electrons. The summed E-state index contributed by atoms with van der Waals surface area (Å²) in [6, 6.07) is 8.20. The molecule has 6 heteroatoms. The number of benzene rings is 1. The fourth-order valence-corrected chi connectivity index (χ4v) is 3.91. The van der Waals surface area contributed by atoms with Crippen LogP contribution >= 0.6 is 0 Å². The number of aliphatic hydroxyl groups excluding tert-OH is 1. The summed E-state index contributed by atoms with van der Waals surface area (Å²) in [4.78, 5) is 9.53. The van der Waals surface area contributed by atoms with Crippen LogP contribution in [0.25, 0.3) is 0 Å². The van der Waals surface area contributed by atoms with Crippen molar-refractivity contribution in [2.45, 2.75) is 32.3 Å². The number of nitrogens with one attached hydrogen (secondary N) is 1. The number of methoxy groups -OCH3 is 1. The van der Waals surface area contributed by atoms with Gasteiger partial charge in [0, 0.05) is 45.2 Å². The van der Waals surface area contributed by atoms with Gasteiger partial charge in [-0.05, 0) is 31.9 Å². The number of anilines is 1. The van der Waals surface area contributed by atoms with E-state index in [0.29, 0.717) is 5.92 Å². The summed E-state index contributed by atoms with van der Waals surface area (Å²) in [5, 5.41) is 13.4. The predicted octanol–water partition coefficient (Wildman–Crippen LogP) is 1.94. The molecule has 0 bridgehead atoms. The van der Waals surface area contributed by atoms with Gasteiger partial charge in [0.2, 0.25) is 0 Å². The number of guanidine groups is 1. The van der Waals surface area contributed by atoms with Crippen molar-refractivity contribution >= 4 is 11.6 Å². The molecule has 2 N–H and O–H groups in total. The van der Waals surface area contributed by atoms with Crippen molar-refractivity contribution in [2.24, 2.45) is 10.9 Å². The Balaban J connectivity index is 1.60. The summed E-state index contributed by atoms with van der Waals surface area (Å²) in [6.07, 6.45) is 2.96. The number of rotatable bonds is 5. The van der Waals surface area contributed by atoms with E-state index < -0.39 is 0 Å². The number of aliphatic hydroxyl groups is 1. The maximum Gasteiger partial charge on any atom is 0.194 e. The molecule has 2 atom stereocenters. The zero-order valence-electron chi connectivity index (χ0n) is 16.0. The van der Waals surface area contributed by atoms with Crippen molar-refractivity contribution < 1.29 is 9.84 Å². The third-order valence-corrected chi connectivity index (χ3v) is 5.43. The molecule has 2 unspecified atom stereocenters. The van der Waals surface area contributed by atoms with Crippen LogP contribution in [0.3, 0.4) is 0 Å². The lowest BCUT2D eigenvalue weighted by Gasteiger charge is -2.38. The molecule has 26 heavy (non-hydrogen) atoms. The SMILES string of the molecule is CCNC(=NCC1CCCC1O)N1CCN(c2ccccc2OC)CC1. The van der Waals surface area contributed by atoms with Gasteiger partial charge in [0.05, 0.1) is 18.9 Å². The Bertz CT molecular complexity index is 599. The minimum Gasteiger partial charge on any atom is -0.495 e. The van der Waals surface area contributed by atoms with Gasteiger partial charge in [-0.15, -0.1) is 0 Å². The van der Waals surface area contributed by atoms with Crippen molar-refractivity contribution in [1.29, 1.82) is 0 Å². The van der Waals surface area contributed by atoms with E-state index in [-0.39, 0.29) is 6.10 Å². The minimum atomic E-state index is -0.177. The summed E-state index contributed by atoms with van der Waals surface area (Å²) >= 11 is 0. The summed E-state index contributed by atoms with van der Waals surface area (Å²) < 4.78 is 5.50. The average molecular weight is 361 g/mol. The van der Waals surface area contributed by atoms with Crippen LogP contribution < -0.4 is 15.0 Å². The molecule has 0 aromatic heterocycles. The van der Waals surface area contributed by atoms with E-state index in [1.54, 1.807) is 7.11 Å². The van der Waals surface area contributed by atoms with Gasteiger partial charge in [0.1, 0.15) is 5.75 Å². The lowest BCUT2D eigenvalue weighted by Crippen LogP contribution is -2.52. The Morgan fingerprint density at radius 2 is 2.00 bits per heavy atom. The van der Waals surface area contributed by atoms with Crippen LogP contribution in [0.2, 0.25) is 0 Å². The summed E-state index contributed by atoms with van der Waals surface area (Å²) in [5.74, 6) is 2.22. The highest BCUT2D eigenvalue weighted by Crippen LogP contribution is 2.28. The second-order valence-corrected chi connectivity index (χ2v) is 7.10. The van der Waals surface area contributed by atoms with Crippen LogP contribution in [0.15, 0.2) is 29.3 Å². The molecule has 2 fully saturated rings. The molecule has 0 spiro atoms. The highest BCUT2D eigenvalue weighted by atomic mass is 16.5. The van der Waals surface area contributed by atoms with E-state index in [2.05, 4.69) is 34.2 Å². The molecule has 1 aromatic carbocycles. The molecule has 6 nitrogen and oxygen atoms in total. The molecule has 3 rings (SSSR count). The van der Waals surface area contributed by atoms with Crippen LogP contribution in [0, 0.1) is 5.92 Å². The highest BCUT2D eigenvalue weighted by molar-refractivity contribution is 5.80. The lowest BCUT2D eigenvalue weighted by molar-refractivity contribution is 0.136. The van der Waals surface area contributed by atoms with E-state index in [0.717, 1.165) is 75.9 Å². The summed E-state index contributed by atoms with van der Waals surface area (Å²) in [6.45, 7) is 7.42. The normalized spacial score (nSPS) is 24.0. The van der Waals surface area contributed by atoms with E-state index in [1.807, 2.05) is 12.1 Å². The smallest absolute Gasteiger partial charge is 0.194 e. The largest absolute Gasteiger partial charge is 0.495 e. The molecule has 0 amide bonds. The highest BCUT2D eigenvalue weighted by Gasteiger charge is 2.26. The summed E-state index contributed by atoms with van der Waals surface area (Å²) in [7, 11) is 1.72. The molecule has 1 aliphatic carbocycles. The average Bonchev–Trinajstić information content (AvgIpc) is 3.10. The Kier molecular flexibility index (Phi) is 6.61. The third kappa shape index (κ3) is 4.41. The first-order valence-electron chi connectivity index (χ1n) is 9.82. The van der Waals surface area contributed by atoms with Gasteiger partial charge >= 0.3 is 0 Å². The van der Waals surface area contributed by atoms with Gasteiger partial charge in [-0.25, -0.2) is 0 Å². The maximum absolute atomic E-state index is 10.0. The van der Waals surface area contributed by atoms with Gasteiger partial charge in [-0.2, -0.15) is 0 Å². The molecule has 1 aliphatic heterocycles. The molecule has 0 radical (unpaired) electrons. The number of piperazine rings is 1. The van der Waals surface area contributed by atoms with Crippen molar-refractivity contribution in [1.82, 2.24) is 10.2 Å².